The number of hydrogen-bond acceptors (Lipinski definition) is 3. The molecule has 1 saturated heterocycles. The smallest absolute Gasteiger partial charge is 0.310 e. The zero-order chi connectivity index (χ0) is 16.2. The summed E-state index contributed by atoms with van der Waals surface area (Å²) < 4.78 is 5.02. The first kappa shape index (κ1) is 16.0. The van der Waals surface area contributed by atoms with E-state index in [1.807, 2.05) is 42.5 Å². The average molecular weight is 330 g/mol. The highest BCUT2D eigenvalue weighted by Gasteiger charge is 2.39. The molecule has 1 unspecified atom stereocenters. The van der Waals surface area contributed by atoms with Gasteiger partial charge >= 0.3 is 5.97 Å². The zero-order valence-corrected chi connectivity index (χ0v) is 13.9. The molecule has 0 N–H and O–H groups in total. The summed E-state index contributed by atoms with van der Waals surface area (Å²) in [6.45, 7) is 2.41. The SMILES string of the molecule is COC(=O)C1CN(Cc2ccccc2)C[C@H]1c1ccc(Cl)cc1. The number of esters is 1. The maximum Gasteiger partial charge on any atom is 0.310 e. The lowest BCUT2D eigenvalue weighted by Gasteiger charge is -2.17. The lowest BCUT2D eigenvalue weighted by atomic mass is 9.89. The number of carbonyl (C=O) groups is 1. The summed E-state index contributed by atoms with van der Waals surface area (Å²) in [5, 5.41) is 0.711. The molecule has 4 heteroatoms. The van der Waals surface area contributed by atoms with Gasteiger partial charge in [-0.1, -0.05) is 54.1 Å². The van der Waals surface area contributed by atoms with Gasteiger partial charge in [0, 0.05) is 30.6 Å². The van der Waals surface area contributed by atoms with Crippen LogP contribution in [0.1, 0.15) is 17.0 Å². The highest BCUT2D eigenvalue weighted by atomic mass is 35.5. The second-order valence-electron chi connectivity index (χ2n) is 5.97. The molecular formula is C19H20ClNO2. The monoisotopic (exact) mass is 329 g/mol. The van der Waals surface area contributed by atoms with E-state index in [1.54, 1.807) is 0 Å². The molecule has 0 aromatic heterocycles. The molecule has 2 aromatic carbocycles. The van der Waals surface area contributed by atoms with Crippen LogP contribution in [0, 0.1) is 5.92 Å². The summed E-state index contributed by atoms with van der Waals surface area (Å²) in [5.41, 5.74) is 2.40. The maximum atomic E-state index is 12.2. The van der Waals surface area contributed by atoms with E-state index >= 15 is 0 Å². The minimum absolute atomic E-state index is 0.134. The molecule has 1 fully saturated rings. The van der Waals surface area contributed by atoms with Gasteiger partial charge in [-0.15, -0.1) is 0 Å². The highest BCUT2D eigenvalue weighted by Crippen LogP contribution is 2.34. The van der Waals surface area contributed by atoms with E-state index in [0.717, 1.165) is 25.2 Å². The van der Waals surface area contributed by atoms with Crippen LogP contribution in [0.5, 0.6) is 0 Å². The zero-order valence-electron chi connectivity index (χ0n) is 13.1. The van der Waals surface area contributed by atoms with Crippen LogP contribution in [0.25, 0.3) is 0 Å². The van der Waals surface area contributed by atoms with Gasteiger partial charge in [0.25, 0.3) is 0 Å². The van der Waals surface area contributed by atoms with Crippen LogP contribution >= 0.6 is 11.6 Å². The van der Waals surface area contributed by atoms with Crippen LogP contribution in [0.2, 0.25) is 5.02 Å². The molecule has 0 radical (unpaired) electrons. The Morgan fingerprint density at radius 2 is 1.83 bits per heavy atom. The first-order valence-electron chi connectivity index (χ1n) is 7.77. The fraction of sp³-hybridized carbons (Fsp3) is 0.316. The number of halogens is 1. The lowest BCUT2D eigenvalue weighted by Crippen LogP contribution is -2.24. The standard InChI is InChI=1S/C19H20ClNO2/c1-23-19(22)18-13-21(11-14-5-3-2-4-6-14)12-17(18)15-7-9-16(20)10-8-15/h2-10,17-18H,11-13H2,1H3/t17-,18?/m0/s1. The Hall–Kier alpha value is -1.84. The van der Waals surface area contributed by atoms with Gasteiger partial charge in [0.15, 0.2) is 0 Å². The highest BCUT2D eigenvalue weighted by molar-refractivity contribution is 6.30. The summed E-state index contributed by atoms with van der Waals surface area (Å²) >= 11 is 5.98. The Kier molecular flexibility index (Phi) is 4.99. The molecule has 3 rings (SSSR count). The minimum atomic E-state index is -0.138. The van der Waals surface area contributed by atoms with E-state index in [0.29, 0.717) is 5.02 Å². The topological polar surface area (TPSA) is 29.5 Å². The van der Waals surface area contributed by atoms with Crippen LogP contribution < -0.4 is 0 Å². The average Bonchev–Trinajstić information content (AvgIpc) is 2.99. The minimum Gasteiger partial charge on any atom is -0.469 e. The number of ether oxygens (including phenoxy) is 1. The number of rotatable bonds is 4. The van der Waals surface area contributed by atoms with E-state index < -0.39 is 0 Å². The quantitative estimate of drug-likeness (QED) is 0.800. The van der Waals surface area contributed by atoms with Crippen LogP contribution in [-0.2, 0) is 16.1 Å². The van der Waals surface area contributed by atoms with E-state index in [-0.39, 0.29) is 17.8 Å². The maximum absolute atomic E-state index is 12.2. The van der Waals surface area contributed by atoms with E-state index in [4.69, 9.17) is 16.3 Å². The third kappa shape index (κ3) is 3.74. The predicted molar refractivity (Wildman–Crippen MR) is 91.4 cm³/mol. The fourth-order valence-corrected chi connectivity index (χ4v) is 3.42. The summed E-state index contributed by atoms with van der Waals surface area (Å²) in [6, 6.07) is 18.1. The van der Waals surface area contributed by atoms with Gasteiger partial charge in [-0.25, -0.2) is 0 Å². The molecule has 3 nitrogen and oxygen atoms in total. The van der Waals surface area contributed by atoms with E-state index in [1.165, 1.54) is 12.7 Å². The summed E-state index contributed by atoms with van der Waals surface area (Å²) in [5.74, 6) is -0.131. The Morgan fingerprint density at radius 1 is 1.13 bits per heavy atom. The number of methoxy groups -OCH3 is 1. The number of benzene rings is 2. The molecule has 2 atom stereocenters. The van der Waals surface area contributed by atoms with Crippen molar-refractivity contribution in [2.24, 2.45) is 5.92 Å². The third-order valence-electron chi connectivity index (χ3n) is 4.45. The Labute approximate surface area is 141 Å². The predicted octanol–water partition coefficient (Wildman–Crippen LogP) is 3.73. The van der Waals surface area contributed by atoms with Gasteiger partial charge in [0.05, 0.1) is 13.0 Å². The van der Waals surface area contributed by atoms with Crippen molar-refractivity contribution < 1.29 is 9.53 Å². The summed E-state index contributed by atoms with van der Waals surface area (Å²) in [6.07, 6.45) is 0. The van der Waals surface area contributed by atoms with E-state index in [2.05, 4.69) is 17.0 Å². The van der Waals surface area contributed by atoms with Crippen LogP contribution in [0.3, 0.4) is 0 Å². The van der Waals surface area contributed by atoms with E-state index in [9.17, 15) is 4.79 Å². The number of likely N-dealkylation sites (tertiary alicyclic amines) is 1. The molecule has 2 aromatic rings. The normalized spacial score (nSPS) is 21.3. The Morgan fingerprint density at radius 3 is 2.48 bits per heavy atom. The van der Waals surface area contributed by atoms with Gasteiger partial charge in [-0.3, -0.25) is 9.69 Å². The number of carbonyl (C=O) groups excluding carboxylic acids is 1. The lowest BCUT2D eigenvalue weighted by molar-refractivity contribution is -0.145. The van der Waals surface area contributed by atoms with Crippen molar-refractivity contribution in [2.45, 2.75) is 12.5 Å². The first-order valence-corrected chi connectivity index (χ1v) is 8.14. The molecular weight excluding hydrogens is 310 g/mol. The molecule has 1 aliphatic heterocycles. The van der Waals surface area contributed by atoms with Gasteiger partial charge in [-0.05, 0) is 23.3 Å². The largest absolute Gasteiger partial charge is 0.469 e. The molecule has 120 valence electrons. The summed E-state index contributed by atoms with van der Waals surface area (Å²) in [7, 11) is 1.46. The van der Waals surface area contributed by atoms with Gasteiger partial charge in [-0.2, -0.15) is 0 Å². The molecule has 0 spiro atoms. The van der Waals surface area contributed by atoms with Crippen LogP contribution in [-0.4, -0.2) is 31.1 Å². The Balaban J connectivity index is 1.79. The van der Waals surface area contributed by atoms with Gasteiger partial charge in [0.2, 0.25) is 0 Å². The van der Waals surface area contributed by atoms with Crippen molar-refractivity contribution in [2.75, 3.05) is 20.2 Å². The van der Waals surface area contributed by atoms with Crippen molar-refractivity contribution in [3.8, 4) is 0 Å². The molecule has 23 heavy (non-hydrogen) atoms. The van der Waals surface area contributed by atoms with Crippen molar-refractivity contribution in [3.05, 3.63) is 70.7 Å². The molecule has 0 bridgehead atoms. The molecule has 0 amide bonds. The second-order valence-corrected chi connectivity index (χ2v) is 6.40. The van der Waals surface area contributed by atoms with Gasteiger partial charge < -0.3 is 4.74 Å². The van der Waals surface area contributed by atoms with Crippen molar-refractivity contribution in [1.29, 1.82) is 0 Å². The Bertz CT molecular complexity index is 657. The summed E-state index contributed by atoms with van der Waals surface area (Å²) in [4.78, 5) is 14.5. The molecule has 1 aliphatic rings. The van der Waals surface area contributed by atoms with Crippen LogP contribution in [0.15, 0.2) is 54.6 Å². The second kappa shape index (κ2) is 7.16. The first-order chi connectivity index (χ1) is 11.2. The van der Waals surface area contributed by atoms with Gasteiger partial charge in [0.1, 0.15) is 0 Å². The fourth-order valence-electron chi connectivity index (χ4n) is 3.29. The number of nitrogens with zero attached hydrogens (tertiary/aromatic N) is 1. The van der Waals surface area contributed by atoms with Crippen molar-refractivity contribution in [3.63, 3.8) is 0 Å². The van der Waals surface area contributed by atoms with Crippen molar-refractivity contribution >= 4 is 17.6 Å². The van der Waals surface area contributed by atoms with Crippen molar-refractivity contribution in [1.82, 2.24) is 4.90 Å². The third-order valence-corrected chi connectivity index (χ3v) is 4.70. The van der Waals surface area contributed by atoms with Crippen LogP contribution in [0.4, 0.5) is 0 Å². The molecule has 0 aliphatic carbocycles. The molecule has 1 heterocycles. The molecule has 0 saturated carbocycles. The number of hydrogen-bond donors (Lipinski definition) is 0.